The number of methoxy groups -OCH3 is 1. The number of aromatic nitrogens is 3. The van der Waals surface area contributed by atoms with Gasteiger partial charge in [-0.15, -0.1) is 6.42 Å². The molecule has 5 heterocycles. The molecule has 3 saturated heterocycles. The van der Waals surface area contributed by atoms with Crippen LogP contribution < -0.4 is 14.4 Å². The van der Waals surface area contributed by atoms with E-state index in [1.54, 1.807) is 19.4 Å². The zero-order valence-corrected chi connectivity index (χ0v) is 26.3. The van der Waals surface area contributed by atoms with E-state index in [1.807, 2.05) is 24.3 Å². The lowest BCUT2D eigenvalue weighted by molar-refractivity contribution is 0.0512. The number of fused-ring (bicyclic) bond motifs is 3. The summed E-state index contributed by atoms with van der Waals surface area (Å²) in [4.78, 5) is 18.9. The van der Waals surface area contributed by atoms with Crippen LogP contribution in [-0.4, -0.2) is 83.3 Å². The lowest BCUT2D eigenvalue weighted by Gasteiger charge is -2.34. The molecule has 2 aromatic carbocycles. The number of pyridine rings is 1. The van der Waals surface area contributed by atoms with Crippen molar-refractivity contribution in [2.24, 2.45) is 0 Å². The fourth-order valence-electron chi connectivity index (χ4n) is 7.72. The van der Waals surface area contributed by atoms with Crippen molar-refractivity contribution in [1.82, 2.24) is 19.9 Å². The monoisotopic (exact) mass is 625 g/mol. The maximum atomic E-state index is 17.0. The quantitative estimate of drug-likeness (QED) is 0.186. The Morgan fingerprint density at radius 1 is 1.07 bits per heavy atom. The van der Waals surface area contributed by atoms with Crippen LogP contribution in [0.2, 0.25) is 0 Å². The Bertz CT molecular complexity index is 1790. The third-order valence-corrected chi connectivity index (χ3v) is 9.97. The van der Waals surface area contributed by atoms with Crippen molar-refractivity contribution in [1.29, 1.82) is 0 Å². The van der Waals surface area contributed by atoms with Gasteiger partial charge in [-0.2, -0.15) is 9.97 Å². The lowest BCUT2D eigenvalue weighted by Crippen LogP contribution is -2.47. The highest BCUT2D eigenvalue weighted by atomic mass is 19.1. The topological polar surface area (TPSA) is 93.1 Å². The van der Waals surface area contributed by atoms with Gasteiger partial charge in [0.1, 0.15) is 29.4 Å². The van der Waals surface area contributed by atoms with Gasteiger partial charge in [0.2, 0.25) is 0 Å². The summed E-state index contributed by atoms with van der Waals surface area (Å²) in [5.74, 6) is 3.33. The first-order valence-electron chi connectivity index (χ1n) is 16.3. The molecule has 3 aliphatic rings. The predicted molar refractivity (Wildman–Crippen MR) is 176 cm³/mol. The van der Waals surface area contributed by atoms with E-state index in [2.05, 4.69) is 15.7 Å². The van der Waals surface area contributed by atoms with E-state index in [0.717, 1.165) is 76.4 Å². The van der Waals surface area contributed by atoms with E-state index < -0.39 is 5.82 Å². The first-order valence-corrected chi connectivity index (χ1v) is 16.3. The van der Waals surface area contributed by atoms with Gasteiger partial charge < -0.3 is 24.2 Å². The molecule has 240 valence electrons. The van der Waals surface area contributed by atoms with Crippen molar-refractivity contribution in [3.63, 3.8) is 0 Å². The molecule has 1 N–H and O–H groups in total. The molecule has 0 unspecified atom stereocenters. The predicted octanol–water partition coefficient (Wildman–Crippen LogP) is 5.70. The Morgan fingerprint density at radius 2 is 1.91 bits per heavy atom. The Morgan fingerprint density at radius 3 is 2.70 bits per heavy atom. The smallest absolute Gasteiger partial charge is 0.319 e. The molecule has 4 aromatic rings. The minimum atomic E-state index is -0.570. The Labute approximate surface area is 268 Å². The third-order valence-electron chi connectivity index (χ3n) is 9.97. The van der Waals surface area contributed by atoms with Crippen LogP contribution in [0.15, 0.2) is 36.5 Å². The van der Waals surface area contributed by atoms with Gasteiger partial charge in [-0.25, -0.2) is 4.39 Å². The summed E-state index contributed by atoms with van der Waals surface area (Å²) in [6.07, 6.45) is 15.9. The number of hydrogen-bond donors (Lipinski definition) is 1. The second-order valence-electron chi connectivity index (χ2n) is 12.7. The highest BCUT2D eigenvalue weighted by Crippen LogP contribution is 2.43. The molecule has 0 amide bonds. The van der Waals surface area contributed by atoms with E-state index in [-0.39, 0.29) is 42.2 Å². The summed E-state index contributed by atoms with van der Waals surface area (Å²) in [6.45, 7) is 3.15. The normalized spacial score (nSPS) is 21.8. The van der Waals surface area contributed by atoms with Gasteiger partial charge in [0.25, 0.3) is 0 Å². The van der Waals surface area contributed by atoms with Gasteiger partial charge in [-0.3, -0.25) is 9.88 Å². The van der Waals surface area contributed by atoms with Crippen molar-refractivity contribution in [3.05, 3.63) is 47.9 Å². The molecule has 0 radical (unpaired) electrons. The molecule has 0 bridgehead atoms. The van der Waals surface area contributed by atoms with Crippen LogP contribution in [0.1, 0.15) is 56.9 Å². The number of rotatable bonds is 9. The zero-order valence-electron chi connectivity index (χ0n) is 26.3. The minimum Gasteiger partial charge on any atom is -0.468 e. The molecule has 2 aromatic heterocycles. The second kappa shape index (κ2) is 13.0. The van der Waals surface area contributed by atoms with Crippen molar-refractivity contribution >= 4 is 27.5 Å². The first kappa shape index (κ1) is 30.6. The van der Waals surface area contributed by atoms with E-state index in [1.165, 1.54) is 0 Å². The summed E-state index contributed by atoms with van der Waals surface area (Å²) < 4.78 is 34.3. The van der Waals surface area contributed by atoms with E-state index in [4.69, 9.17) is 35.6 Å². The average Bonchev–Trinajstić information content (AvgIpc) is 3.53. The van der Waals surface area contributed by atoms with Crippen molar-refractivity contribution in [3.8, 4) is 35.4 Å². The molecule has 46 heavy (non-hydrogen) atoms. The maximum Gasteiger partial charge on any atom is 0.319 e. The molecule has 10 heteroatoms. The lowest BCUT2D eigenvalue weighted by atomic mass is 9.95. The van der Waals surface area contributed by atoms with Gasteiger partial charge >= 0.3 is 6.01 Å². The standard InChI is InChI=1S/C36H40FN5O4/c1-3-24-10-8-11-25-18-27(46-23-44-2)19-28(30(24)25)32-31(37)33-29(20-38-32)34(41-15-6-4-5-7-16-41)40-35(39-33)45-22-36-13-9-17-42(36)26(21-43)12-14-36/h1,8,10-11,18-20,26,43H,4-7,9,12-17,21-23H2,2H3/t26-,36-/m0/s1. The number of ether oxygens (including phenoxy) is 3. The van der Waals surface area contributed by atoms with Gasteiger partial charge in [0.05, 0.1) is 17.5 Å². The number of nitrogens with zero attached hydrogens (tertiary/aromatic N) is 5. The molecule has 9 nitrogen and oxygen atoms in total. The second-order valence-corrected chi connectivity index (χ2v) is 12.7. The highest BCUT2D eigenvalue weighted by molar-refractivity contribution is 6.02. The van der Waals surface area contributed by atoms with E-state index in [0.29, 0.717) is 40.1 Å². The molecular formula is C36H40FN5O4. The fraction of sp³-hybridized carbons (Fsp3) is 0.472. The number of hydrogen-bond acceptors (Lipinski definition) is 9. The van der Waals surface area contributed by atoms with Gasteiger partial charge in [-0.1, -0.05) is 30.9 Å². The number of aliphatic hydroxyl groups is 1. The van der Waals surface area contributed by atoms with E-state index in [9.17, 15) is 5.11 Å². The van der Waals surface area contributed by atoms with Crippen LogP contribution in [0.3, 0.4) is 0 Å². The van der Waals surface area contributed by atoms with Crippen LogP contribution in [0, 0.1) is 18.2 Å². The molecule has 0 saturated carbocycles. The molecule has 7 rings (SSSR count). The largest absolute Gasteiger partial charge is 0.468 e. The van der Waals surface area contributed by atoms with Crippen LogP contribution in [-0.2, 0) is 4.74 Å². The maximum absolute atomic E-state index is 17.0. The molecule has 3 aliphatic heterocycles. The highest BCUT2D eigenvalue weighted by Gasteiger charge is 2.49. The molecule has 0 spiro atoms. The number of benzene rings is 2. The van der Waals surface area contributed by atoms with Crippen LogP contribution in [0.5, 0.6) is 11.8 Å². The molecular weight excluding hydrogens is 585 g/mol. The molecule has 3 fully saturated rings. The van der Waals surface area contributed by atoms with Crippen molar-refractivity contribution in [2.45, 2.75) is 62.9 Å². The fourth-order valence-corrected chi connectivity index (χ4v) is 7.72. The number of aliphatic hydroxyl groups excluding tert-OH is 1. The van der Waals surface area contributed by atoms with Crippen LogP contribution in [0.4, 0.5) is 10.2 Å². The Hall–Kier alpha value is -4.04. The first-order chi connectivity index (χ1) is 22.5. The summed E-state index contributed by atoms with van der Waals surface area (Å²) in [5, 5.41) is 12.0. The zero-order chi connectivity index (χ0) is 31.7. The summed E-state index contributed by atoms with van der Waals surface area (Å²) in [7, 11) is 1.55. The Kier molecular flexibility index (Phi) is 8.64. The molecule has 2 atom stereocenters. The number of terminal acetylenes is 1. The van der Waals surface area contributed by atoms with E-state index >= 15 is 4.39 Å². The average molecular weight is 626 g/mol. The van der Waals surface area contributed by atoms with Gasteiger partial charge in [0, 0.05) is 49.0 Å². The Balaban J connectivity index is 1.36. The van der Waals surface area contributed by atoms with Crippen LogP contribution in [0.25, 0.3) is 32.9 Å². The minimum absolute atomic E-state index is 0.0402. The van der Waals surface area contributed by atoms with Crippen LogP contribution >= 0.6 is 0 Å². The molecule has 0 aliphatic carbocycles. The summed E-state index contributed by atoms with van der Waals surface area (Å²) in [5.41, 5.74) is 1.25. The summed E-state index contributed by atoms with van der Waals surface area (Å²) in [6, 6.07) is 9.53. The number of anilines is 1. The summed E-state index contributed by atoms with van der Waals surface area (Å²) >= 11 is 0. The van der Waals surface area contributed by atoms with Crippen molar-refractivity contribution < 1.29 is 23.7 Å². The van der Waals surface area contributed by atoms with Gasteiger partial charge in [-0.05, 0) is 68.7 Å². The third kappa shape index (κ3) is 5.51. The SMILES string of the molecule is C#Cc1cccc2cc(OCOC)cc(-c3ncc4c(N5CCCCCC5)nc(OC[C@@]56CCCN5[C@H](CO)CC6)nc4c3F)c12. The number of halogens is 1. The van der Waals surface area contributed by atoms with Gasteiger partial charge in [0.15, 0.2) is 12.6 Å². The van der Waals surface area contributed by atoms with Crippen molar-refractivity contribution in [2.75, 3.05) is 51.7 Å².